The second-order valence-corrected chi connectivity index (χ2v) is 6.49. The minimum atomic E-state index is 0.368. The van der Waals surface area contributed by atoms with Crippen molar-refractivity contribution in [2.24, 2.45) is 5.41 Å². The normalized spacial score (nSPS) is 37.5. The Morgan fingerprint density at radius 2 is 1.89 bits per heavy atom. The van der Waals surface area contributed by atoms with Gasteiger partial charge in [-0.2, -0.15) is 0 Å². The van der Waals surface area contributed by atoms with Crippen molar-refractivity contribution in [3.05, 3.63) is 0 Å². The number of hydrogen-bond acceptors (Lipinski definition) is 2. The third kappa shape index (κ3) is 2.91. The van der Waals surface area contributed by atoms with E-state index in [-0.39, 0.29) is 0 Å². The van der Waals surface area contributed by atoms with Crippen LogP contribution in [-0.4, -0.2) is 24.8 Å². The van der Waals surface area contributed by atoms with E-state index < -0.39 is 0 Å². The van der Waals surface area contributed by atoms with Crippen LogP contribution in [0.3, 0.4) is 0 Å². The minimum Gasteiger partial charge on any atom is -0.374 e. The molecule has 0 heterocycles. The Labute approximate surface area is 113 Å². The van der Waals surface area contributed by atoms with Gasteiger partial charge in [0.2, 0.25) is 0 Å². The summed E-state index contributed by atoms with van der Waals surface area (Å²) in [5.74, 6) is 0. The lowest BCUT2D eigenvalue weighted by Gasteiger charge is -2.55. The lowest BCUT2D eigenvalue weighted by molar-refractivity contribution is -0.162. The maximum absolute atomic E-state index is 6.40. The fourth-order valence-corrected chi connectivity index (χ4v) is 3.57. The van der Waals surface area contributed by atoms with E-state index in [1.54, 1.807) is 0 Å². The molecule has 0 aromatic carbocycles. The summed E-state index contributed by atoms with van der Waals surface area (Å²) in [7, 11) is 0. The highest BCUT2D eigenvalue weighted by Gasteiger charge is 2.51. The fourth-order valence-electron chi connectivity index (χ4n) is 3.57. The van der Waals surface area contributed by atoms with E-state index in [2.05, 4.69) is 26.1 Å². The van der Waals surface area contributed by atoms with Crippen LogP contribution in [0.5, 0.6) is 0 Å². The molecular weight excluding hydrogens is 222 g/mol. The van der Waals surface area contributed by atoms with E-state index in [1.807, 2.05) is 0 Å². The molecule has 1 N–H and O–H groups in total. The molecule has 0 aromatic heterocycles. The highest BCUT2D eigenvalue weighted by Crippen LogP contribution is 2.47. The summed E-state index contributed by atoms with van der Waals surface area (Å²) >= 11 is 0. The molecular formula is C16H31NO. The summed E-state index contributed by atoms with van der Waals surface area (Å²) in [4.78, 5) is 0. The van der Waals surface area contributed by atoms with Gasteiger partial charge in [0.05, 0.1) is 12.2 Å². The summed E-state index contributed by atoms with van der Waals surface area (Å²) in [6, 6.07) is 0.677. The molecule has 3 atom stereocenters. The molecule has 0 aliphatic heterocycles. The third-order valence-electron chi connectivity index (χ3n) is 5.29. The Morgan fingerprint density at radius 1 is 1.17 bits per heavy atom. The molecule has 2 saturated carbocycles. The number of rotatable bonds is 6. The van der Waals surface area contributed by atoms with E-state index in [4.69, 9.17) is 4.74 Å². The number of nitrogens with one attached hydrogen (secondary N) is 1. The molecule has 0 spiro atoms. The van der Waals surface area contributed by atoms with Gasteiger partial charge >= 0.3 is 0 Å². The first-order valence-corrected chi connectivity index (χ1v) is 8.09. The van der Waals surface area contributed by atoms with Gasteiger partial charge in [-0.15, -0.1) is 0 Å². The van der Waals surface area contributed by atoms with Crippen molar-refractivity contribution in [3.63, 3.8) is 0 Å². The van der Waals surface area contributed by atoms with Crippen LogP contribution in [0, 0.1) is 5.41 Å². The van der Waals surface area contributed by atoms with E-state index >= 15 is 0 Å². The Hall–Kier alpha value is -0.0800. The monoisotopic (exact) mass is 253 g/mol. The second-order valence-electron chi connectivity index (χ2n) is 6.49. The van der Waals surface area contributed by atoms with Crippen molar-refractivity contribution in [1.82, 2.24) is 5.32 Å². The van der Waals surface area contributed by atoms with E-state index in [0.717, 1.165) is 6.54 Å². The highest BCUT2D eigenvalue weighted by atomic mass is 16.5. The second kappa shape index (κ2) is 6.38. The van der Waals surface area contributed by atoms with Crippen LogP contribution in [0.1, 0.15) is 72.1 Å². The predicted octanol–water partition coefficient (Wildman–Crippen LogP) is 3.89. The Kier molecular flexibility index (Phi) is 5.08. The molecule has 3 unspecified atom stereocenters. The highest BCUT2D eigenvalue weighted by molar-refractivity contribution is 5.05. The van der Waals surface area contributed by atoms with E-state index in [1.165, 1.54) is 51.4 Å². The molecule has 0 saturated heterocycles. The summed E-state index contributed by atoms with van der Waals surface area (Å²) in [6.07, 6.45) is 11.5. The first-order valence-electron chi connectivity index (χ1n) is 8.09. The first-order chi connectivity index (χ1) is 8.70. The Bertz CT molecular complexity index is 249. The van der Waals surface area contributed by atoms with Gasteiger partial charge in [0.1, 0.15) is 0 Å². The minimum absolute atomic E-state index is 0.368. The smallest absolute Gasteiger partial charge is 0.0662 e. The van der Waals surface area contributed by atoms with Crippen LogP contribution in [0.15, 0.2) is 0 Å². The van der Waals surface area contributed by atoms with Crippen molar-refractivity contribution in [2.75, 3.05) is 6.54 Å². The average Bonchev–Trinajstić information content (AvgIpc) is 2.42. The van der Waals surface area contributed by atoms with Gasteiger partial charge in [-0.1, -0.05) is 40.0 Å². The maximum atomic E-state index is 6.40. The van der Waals surface area contributed by atoms with Crippen LogP contribution in [0.2, 0.25) is 0 Å². The Morgan fingerprint density at radius 3 is 2.50 bits per heavy atom. The van der Waals surface area contributed by atoms with E-state index in [9.17, 15) is 0 Å². The molecule has 0 bridgehead atoms. The van der Waals surface area contributed by atoms with Crippen LogP contribution < -0.4 is 5.32 Å². The lowest BCUT2D eigenvalue weighted by Crippen LogP contribution is -2.62. The summed E-state index contributed by atoms with van der Waals surface area (Å²) < 4.78 is 6.40. The number of hydrogen-bond donors (Lipinski definition) is 1. The average molecular weight is 253 g/mol. The van der Waals surface area contributed by atoms with Gasteiger partial charge in [-0.3, -0.25) is 0 Å². The number of ether oxygens (including phenoxy) is 1. The van der Waals surface area contributed by atoms with Gasteiger partial charge in [-0.25, -0.2) is 0 Å². The van der Waals surface area contributed by atoms with Crippen LogP contribution in [0.25, 0.3) is 0 Å². The van der Waals surface area contributed by atoms with Crippen molar-refractivity contribution in [3.8, 4) is 0 Å². The van der Waals surface area contributed by atoms with Crippen LogP contribution >= 0.6 is 0 Å². The van der Waals surface area contributed by atoms with Gasteiger partial charge in [0.15, 0.2) is 0 Å². The third-order valence-corrected chi connectivity index (χ3v) is 5.29. The first kappa shape index (κ1) is 14.3. The molecule has 2 nitrogen and oxygen atoms in total. The SMILES string of the molecule is CCCNC1CC(OC2CCCCC2)C1(C)CC. The van der Waals surface area contributed by atoms with Gasteiger partial charge in [0.25, 0.3) is 0 Å². The molecule has 18 heavy (non-hydrogen) atoms. The van der Waals surface area contributed by atoms with Crippen LogP contribution in [0.4, 0.5) is 0 Å². The molecule has 0 amide bonds. The predicted molar refractivity (Wildman–Crippen MR) is 76.8 cm³/mol. The molecule has 2 fully saturated rings. The lowest BCUT2D eigenvalue weighted by atomic mass is 9.61. The molecule has 2 heteroatoms. The zero-order chi connectivity index (χ0) is 13.0. The molecule has 0 radical (unpaired) electrons. The standard InChI is InChI=1S/C16H31NO/c1-4-11-17-14-12-15(16(14,3)5-2)18-13-9-7-6-8-10-13/h13-15,17H,4-12H2,1-3H3. The quantitative estimate of drug-likeness (QED) is 0.775. The van der Waals surface area contributed by atoms with Gasteiger partial charge < -0.3 is 10.1 Å². The summed E-state index contributed by atoms with van der Waals surface area (Å²) in [5, 5.41) is 3.70. The molecule has 0 aromatic rings. The molecule has 2 aliphatic rings. The summed E-state index contributed by atoms with van der Waals surface area (Å²) in [5.41, 5.74) is 0.368. The molecule has 2 rings (SSSR count). The van der Waals surface area contributed by atoms with E-state index in [0.29, 0.717) is 23.7 Å². The molecule has 106 valence electrons. The maximum Gasteiger partial charge on any atom is 0.0662 e. The molecule has 2 aliphatic carbocycles. The topological polar surface area (TPSA) is 21.3 Å². The van der Waals surface area contributed by atoms with Crippen molar-refractivity contribution >= 4 is 0 Å². The van der Waals surface area contributed by atoms with Crippen LogP contribution in [-0.2, 0) is 4.74 Å². The zero-order valence-corrected chi connectivity index (χ0v) is 12.5. The largest absolute Gasteiger partial charge is 0.374 e. The Balaban J connectivity index is 1.82. The van der Waals surface area contributed by atoms with Crippen molar-refractivity contribution in [2.45, 2.75) is 90.4 Å². The van der Waals surface area contributed by atoms with Crippen molar-refractivity contribution < 1.29 is 4.74 Å². The van der Waals surface area contributed by atoms with Gasteiger partial charge in [0, 0.05) is 11.5 Å². The van der Waals surface area contributed by atoms with Crippen molar-refractivity contribution in [1.29, 1.82) is 0 Å². The summed E-state index contributed by atoms with van der Waals surface area (Å²) in [6.45, 7) is 8.12. The zero-order valence-electron chi connectivity index (χ0n) is 12.5. The fraction of sp³-hybridized carbons (Fsp3) is 1.00. The van der Waals surface area contributed by atoms with Gasteiger partial charge in [-0.05, 0) is 38.6 Å².